The smallest absolute Gasteiger partial charge is 0.369 e. The molecule has 28 heavy (non-hydrogen) atoms. The van der Waals surface area contributed by atoms with Gasteiger partial charge in [-0.1, -0.05) is 37.6 Å². The van der Waals surface area contributed by atoms with E-state index in [2.05, 4.69) is 5.32 Å². The van der Waals surface area contributed by atoms with E-state index >= 15 is 0 Å². The Morgan fingerprint density at radius 1 is 0.893 bits per heavy atom. The average Bonchev–Trinajstić information content (AvgIpc) is 2.60. The number of nitrogens with one attached hydrogen (secondary N) is 1. The zero-order chi connectivity index (χ0) is 21.2. The van der Waals surface area contributed by atoms with Gasteiger partial charge in [-0.3, -0.25) is 4.79 Å². The fraction of sp³-hybridized carbons (Fsp3) is 0.316. The van der Waals surface area contributed by atoms with Crippen LogP contribution in [-0.2, 0) is 12.0 Å². The summed E-state index contributed by atoms with van der Waals surface area (Å²) in [6.07, 6.45) is -10.2. The van der Waals surface area contributed by atoms with Crippen LogP contribution in [0.5, 0.6) is 0 Å². The molecule has 0 bridgehead atoms. The number of aryl methyl sites for hydroxylation is 1. The number of hydrogen-bond acceptors (Lipinski definition) is 2. The van der Waals surface area contributed by atoms with Crippen LogP contribution in [-0.4, -0.2) is 23.4 Å². The summed E-state index contributed by atoms with van der Waals surface area (Å²) in [5, 5.41) is 11.7. The molecule has 2 N–H and O–H groups in total. The highest BCUT2D eigenvalue weighted by Crippen LogP contribution is 2.50. The first-order valence-corrected chi connectivity index (χ1v) is 8.27. The lowest BCUT2D eigenvalue weighted by Crippen LogP contribution is -2.53. The Bertz CT molecular complexity index is 796. The molecule has 0 radical (unpaired) electrons. The standard InChI is InChI=1S/C19H17F6NO2/c1-2-3-12-4-6-13(7-5-12)16(27)26-15-10-8-14(9-11-15)17(28,18(20,21)22)19(23,24)25/h4-11,28H,2-3H2,1H3,(H,26,27). The van der Waals surface area contributed by atoms with E-state index in [-0.39, 0.29) is 11.3 Å². The van der Waals surface area contributed by atoms with Crippen molar-refractivity contribution in [2.24, 2.45) is 0 Å². The van der Waals surface area contributed by atoms with Crippen molar-refractivity contribution in [1.82, 2.24) is 0 Å². The van der Waals surface area contributed by atoms with E-state index in [1.807, 2.05) is 6.92 Å². The van der Waals surface area contributed by atoms with Crippen molar-refractivity contribution in [2.45, 2.75) is 37.7 Å². The van der Waals surface area contributed by atoms with Gasteiger partial charge in [-0.05, 0) is 36.2 Å². The molecule has 0 aromatic heterocycles. The number of carbonyl (C=O) groups excluding carboxylic acids is 1. The van der Waals surface area contributed by atoms with Crippen molar-refractivity contribution in [2.75, 3.05) is 5.32 Å². The molecule has 0 atom stereocenters. The van der Waals surface area contributed by atoms with Crippen molar-refractivity contribution in [3.05, 3.63) is 65.2 Å². The van der Waals surface area contributed by atoms with Crippen molar-refractivity contribution in [3.8, 4) is 0 Å². The minimum Gasteiger partial charge on any atom is -0.369 e. The van der Waals surface area contributed by atoms with E-state index in [0.29, 0.717) is 12.1 Å². The van der Waals surface area contributed by atoms with E-state index < -0.39 is 29.4 Å². The highest BCUT2D eigenvalue weighted by molar-refractivity contribution is 6.04. The van der Waals surface area contributed by atoms with E-state index in [1.165, 1.54) is 0 Å². The van der Waals surface area contributed by atoms with Crippen LogP contribution in [0.2, 0.25) is 0 Å². The third-order valence-electron chi connectivity index (χ3n) is 4.14. The highest BCUT2D eigenvalue weighted by atomic mass is 19.4. The second-order valence-corrected chi connectivity index (χ2v) is 6.18. The molecule has 0 spiro atoms. The Morgan fingerprint density at radius 2 is 1.39 bits per heavy atom. The molecule has 0 aliphatic rings. The van der Waals surface area contributed by atoms with Gasteiger partial charge in [0.1, 0.15) is 0 Å². The Labute approximate surface area is 157 Å². The zero-order valence-electron chi connectivity index (χ0n) is 14.7. The Balaban J connectivity index is 2.21. The average molecular weight is 405 g/mol. The van der Waals surface area contributed by atoms with Crippen LogP contribution in [0.25, 0.3) is 0 Å². The summed E-state index contributed by atoms with van der Waals surface area (Å²) in [5.74, 6) is -0.572. The Morgan fingerprint density at radius 3 is 1.82 bits per heavy atom. The van der Waals surface area contributed by atoms with Gasteiger partial charge in [-0.25, -0.2) is 0 Å². The topological polar surface area (TPSA) is 49.3 Å². The number of halogens is 6. The molecular weight excluding hydrogens is 388 g/mol. The molecule has 2 aromatic carbocycles. The second kappa shape index (κ2) is 7.83. The van der Waals surface area contributed by atoms with Crippen molar-refractivity contribution < 1.29 is 36.2 Å². The molecule has 0 aliphatic carbocycles. The number of rotatable bonds is 5. The summed E-state index contributed by atoms with van der Waals surface area (Å²) in [7, 11) is 0. The molecule has 0 unspecified atom stereocenters. The van der Waals surface area contributed by atoms with E-state index in [1.54, 1.807) is 24.3 Å². The van der Waals surface area contributed by atoms with Gasteiger partial charge in [0.15, 0.2) is 0 Å². The molecule has 2 aromatic rings. The lowest BCUT2D eigenvalue weighted by Gasteiger charge is -2.32. The molecule has 0 fully saturated rings. The lowest BCUT2D eigenvalue weighted by molar-refractivity contribution is -0.376. The van der Waals surface area contributed by atoms with Crippen LogP contribution in [0.1, 0.15) is 34.8 Å². The fourth-order valence-electron chi connectivity index (χ4n) is 2.60. The maximum Gasteiger partial charge on any atom is 0.430 e. The SMILES string of the molecule is CCCc1ccc(C(=O)Nc2ccc(C(O)(C(F)(F)F)C(F)(F)F)cc2)cc1. The van der Waals surface area contributed by atoms with Crippen LogP contribution < -0.4 is 5.32 Å². The summed E-state index contributed by atoms with van der Waals surface area (Å²) in [6, 6.07) is 9.33. The van der Waals surface area contributed by atoms with Gasteiger partial charge in [0.2, 0.25) is 0 Å². The van der Waals surface area contributed by atoms with Gasteiger partial charge >= 0.3 is 12.4 Å². The van der Waals surface area contributed by atoms with Gasteiger partial charge in [0.25, 0.3) is 11.5 Å². The third kappa shape index (κ3) is 4.30. The van der Waals surface area contributed by atoms with Gasteiger partial charge in [-0.2, -0.15) is 26.3 Å². The second-order valence-electron chi connectivity index (χ2n) is 6.18. The number of benzene rings is 2. The summed E-state index contributed by atoms with van der Waals surface area (Å²) in [4.78, 5) is 12.2. The quantitative estimate of drug-likeness (QED) is 0.672. The maximum atomic E-state index is 12.9. The van der Waals surface area contributed by atoms with Crippen molar-refractivity contribution in [1.29, 1.82) is 0 Å². The molecule has 1 amide bonds. The minimum atomic E-state index is -5.96. The predicted molar refractivity (Wildman–Crippen MR) is 90.8 cm³/mol. The van der Waals surface area contributed by atoms with E-state index in [9.17, 15) is 36.2 Å². The summed E-state index contributed by atoms with van der Waals surface area (Å²) < 4.78 is 77.2. The minimum absolute atomic E-state index is 0.0157. The van der Waals surface area contributed by atoms with Crippen LogP contribution >= 0.6 is 0 Å². The Kier molecular flexibility index (Phi) is 6.08. The molecule has 0 aliphatic heterocycles. The first-order valence-electron chi connectivity index (χ1n) is 8.27. The monoisotopic (exact) mass is 405 g/mol. The highest BCUT2D eigenvalue weighted by Gasteiger charge is 2.71. The number of hydrogen-bond donors (Lipinski definition) is 2. The van der Waals surface area contributed by atoms with Gasteiger partial charge in [0, 0.05) is 16.8 Å². The molecule has 2 rings (SSSR count). The Hall–Kier alpha value is -2.55. The summed E-state index contributed by atoms with van der Waals surface area (Å²) >= 11 is 0. The van der Waals surface area contributed by atoms with Crippen LogP contribution in [0.3, 0.4) is 0 Å². The van der Waals surface area contributed by atoms with E-state index in [4.69, 9.17) is 0 Å². The summed E-state index contributed by atoms with van der Waals surface area (Å²) in [6.45, 7) is 2.00. The molecular formula is C19H17F6NO2. The fourth-order valence-corrected chi connectivity index (χ4v) is 2.60. The number of anilines is 1. The third-order valence-corrected chi connectivity index (χ3v) is 4.14. The number of amides is 1. The molecule has 9 heteroatoms. The van der Waals surface area contributed by atoms with Gasteiger partial charge < -0.3 is 10.4 Å². The molecule has 0 heterocycles. The van der Waals surface area contributed by atoms with Gasteiger partial charge in [-0.15, -0.1) is 0 Å². The molecule has 152 valence electrons. The first-order chi connectivity index (χ1) is 12.9. The van der Waals surface area contributed by atoms with Crippen molar-refractivity contribution >= 4 is 11.6 Å². The number of carbonyl (C=O) groups is 1. The number of alkyl halides is 6. The lowest BCUT2D eigenvalue weighted by atomic mass is 9.92. The molecule has 0 saturated heterocycles. The normalized spacial score (nSPS) is 12.7. The van der Waals surface area contributed by atoms with Crippen LogP contribution in [0.4, 0.5) is 32.0 Å². The maximum absolute atomic E-state index is 12.9. The van der Waals surface area contributed by atoms with Crippen LogP contribution in [0, 0.1) is 0 Å². The first kappa shape index (κ1) is 21.7. The zero-order valence-corrected chi connectivity index (χ0v) is 14.7. The predicted octanol–water partition coefficient (Wildman–Crippen LogP) is 5.20. The van der Waals surface area contributed by atoms with Gasteiger partial charge in [0.05, 0.1) is 0 Å². The van der Waals surface area contributed by atoms with E-state index in [0.717, 1.165) is 30.5 Å². The molecule has 3 nitrogen and oxygen atoms in total. The number of aliphatic hydroxyl groups is 1. The summed E-state index contributed by atoms with van der Waals surface area (Å²) in [5.41, 5.74) is -5.10. The van der Waals surface area contributed by atoms with Crippen molar-refractivity contribution in [3.63, 3.8) is 0 Å². The van der Waals surface area contributed by atoms with Crippen LogP contribution in [0.15, 0.2) is 48.5 Å². The molecule has 0 saturated carbocycles. The largest absolute Gasteiger partial charge is 0.430 e.